The van der Waals surface area contributed by atoms with Crippen LogP contribution in [0, 0.1) is 0 Å². The van der Waals surface area contributed by atoms with Crippen LogP contribution in [0.15, 0.2) is 58.7 Å². The molecule has 0 saturated heterocycles. The maximum absolute atomic E-state index is 13.4. The predicted octanol–water partition coefficient (Wildman–Crippen LogP) is 4.10. The molecule has 1 unspecified atom stereocenters. The third-order valence-electron chi connectivity index (χ3n) is 4.46. The van der Waals surface area contributed by atoms with Gasteiger partial charge < -0.3 is 14.6 Å². The number of methoxy groups -OCH3 is 1. The minimum Gasteiger partial charge on any atom is -0.496 e. The second kappa shape index (κ2) is 9.15. The van der Waals surface area contributed by atoms with Gasteiger partial charge in [-0.05, 0) is 42.5 Å². The lowest BCUT2D eigenvalue weighted by molar-refractivity contribution is -0.146. The van der Waals surface area contributed by atoms with Crippen molar-refractivity contribution < 1.29 is 36.9 Å². The van der Waals surface area contributed by atoms with E-state index in [0.717, 1.165) is 4.47 Å². The molecule has 2 aromatic rings. The number of allylic oxidation sites excluding steroid dienone is 1. The molecule has 0 saturated carbocycles. The summed E-state index contributed by atoms with van der Waals surface area (Å²) in [6, 6.07) is 10.9. The molecule has 0 aromatic heterocycles. The van der Waals surface area contributed by atoms with Gasteiger partial charge in [-0.25, -0.2) is 22.6 Å². The molecular formula is C20H17BrF4N2O4. The summed E-state index contributed by atoms with van der Waals surface area (Å²) in [5.74, 6) is -0.248. The van der Waals surface area contributed by atoms with Crippen LogP contribution >= 0.6 is 15.9 Å². The molecule has 166 valence electrons. The second-order valence-corrected chi connectivity index (χ2v) is 7.42. The maximum atomic E-state index is 13.4. The summed E-state index contributed by atoms with van der Waals surface area (Å²) in [4.78, 5) is 12.8. The molecule has 31 heavy (non-hydrogen) atoms. The zero-order chi connectivity index (χ0) is 22.8. The number of halogens is 5. The zero-order valence-corrected chi connectivity index (χ0v) is 17.6. The number of hydrogen-bond donors (Lipinski definition) is 2. The third kappa shape index (κ3) is 4.77. The minimum absolute atomic E-state index is 0.0288. The van der Waals surface area contributed by atoms with Crippen molar-refractivity contribution in [2.24, 2.45) is 0 Å². The summed E-state index contributed by atoms with van der Waals surface area (Å²) in [6.07, 6.45) is -6.48. The van der Waals surface area contributed by atoms with Gasteiger partial charge in [-0.3, -0.25) is 10.2 Å². The van der Waals surface area contributed by atoms with Crippen LogP contribution in [-0.2, 0) is 6.61 Å². The summed E-state index contributed by atoms with van der Waals surface area (Å²) in [6.45, 7) is -0.0288. The Balaban J connectivity index is 1.86. The Hall–Kier alpha value is -2.79. The van der Waals surface area contributed by atoms with Gasteiger partial charge in [-0.1, -0.05) is 15.9 Å². The fourth-order valence-electron chi connectivity index (χ4n) is 2.88. The van der Waals surface area contributed by atoms with Gasteiger partial charge in [0.25, 0.3) is 18.8 Å². The highest BCUT2D eigenvalue weighted by molar-refractivity contribution is 9.10. The van der Waals surface area contributed by atoms with Gasteiger partial charge in [0.2, 0.25) is 5.72 Å². The average molecular weight is 505 g/mol. The van der Waals surface area contributed by atoms with Crippen molar-refractivity contribution in [3.05, 3.63) is 69.8 Å². The van der Waals surface area contributed by atoms with Gasteiger partial charge >= 0.3 is 0 Å². The van der Waals surface area contributed by atoms with E-state index in [0.29, 0.717) is 17.1 Å². The lowest BCUT2D eigenvalue weighted by Gasteiger charge is -2.31. The van der Waals surface area contributed by atoms with Crippen LogP contribution in [0.5, 0.6) is 11.5 Å². The number of hydrogen-bond acceptors (Lipinski definition) is 5. The lowest BCUT2D eigenvalue weighted by Crippen LogP contribution is -2.56. The lowest BCUT2D eigenvalue weighted by atomic mass is 10.1. The zero-order valence-electron chi connectivity index (χ0n) is 16.0. The van der Waals surface area contributed by atoms with Crippen LogP contribution < -0.4 is 14.9 Å². The van der Waals surface area contributed by atoms with E-state index in [1.165, 1.54) is 25.3 Å². The van der Waals surface area contributed by atoms with E-state index < -0.39 is 30.2 Å². The number of carbonyl (C=O) groups is 1. The first kappa shape index (κ1) is 22.9. The molecule has 2 aromatic carbocycles. The molecule has 0 spiro atoms. The molecule has 0 fully saturated rings. The van der Waals surface area contributed by atoms with E-state index in [1.807, 2.05) is 5.43 Å². The number of hydrazine groups is 1. The summed E-state index contributed by atoms with van der Waals surface area (Å²) >= 11 is 3.31. The Morgan fingerprint density at radius 2 is 1.87 bits per heavy atom. The van der Waals surface area contributed by atoms with Crippen molar-refractivity contribution >= 4 is 21.8 Å². The predicted molar refractivity (Wildman–Crippen MR) is 106 cm³/mol. The Bertz CT molecular complexity index is 988. The number of carbonyl (C=O) groups excluding carboxylic acids is 1. The van der Waals surface area contributed by atoms with Gasteiger partial charge in [0.1, 0.15) is 18.1 Å². The first-order valence-electron chi connectivity index (χ1n) is 8.83. The Morgan fingerprint density at radius 1 is 1.19 bits per heavy atom. The summed E-state index contributed by atoms with van der Waals surface area (Å²) in [5.41, 5.74) is -2.10. The monoisotopic (exact) mass is 504 g/mol. The van der Waals surface area contributed by atoms with Crippen LogP contribution in [0.3, 0.4) is 0 Å². The molecule has 2 N–H and O–H groups in total. The number of rotatable bonds is 7. The number of nitrogens with zero attached hydrogens (tertiary/aromatic N) is 1. The SMILES string of the molecule is COc1ccc(C(=O)N2NC(C(F)F)=CC2(O)C(F)F)cc1COc1ccc(Br)cc1. The number of nitrogens with one attached hydrogen (secondary N) is 1. The van der Waals surface area contributed by atoms with Crippen molar-refractivity contribution in [2.45, 2.75) is 25.2 Å². The number of alkyl halides is 4. The highest BCUT2D eigenvalue weighted by Gasteiger charge is 2.51. The molecule has 1 amide bonds. The second-order valence-electron chi connectivity index (χ2n) is 6.51. The van der Waals surface area contributed by atoms with E-state index in [9.17, 15) is 27.5 Å². The first-order chi connectivity index (χ1) is 14.7. The van der Waals surface area contributed by atoms with Crippen molar-refractivity contribution in [1.29, 1.82) is 0 Å². The maximum Gasteiger partial charge on any atom is 0.291 e. The molecule has 1 heterocycles. The van der Waals surface area contributed by atoms with Gasteiger partial charge in [0.05, 0.1) is 12.8 Å². The summed E-state index contributed by atoms with van der Waals surface area (Å²) in [5, 5.41) is 10.2. The Kier molecular flexibility index (Phi) is 6.75. The molecule has 6 nitrogen and oxygen atoms in total. The summed E-state index contributed by atoms with van der Waals surface area (Å²) in [7, 11) is 1.40. The van der Waals surface area contributed by atoms with Gasteiger partial charge in [-0.2, -0.15) is 0 Å². The molecule has 1 aliphatic heterocycles. The van der Waals surface area contributed by atoms with Crippen LogP contribution in [0.25, 0.3) is 0 Å². The van der Waals surface area contributed by atoms with Gasteiger partial charge in [0, 0.05) is 21.7 Å². The Morgan fingerprint density at radius 3 is 2.45 bits per heavy atom. The van der Waals surface area contributed by atoms with Crippen molar-refractivity contribution in [3.63, 3.8) is 0 Å². The van der Waals surface area contributed by atoms with Crippen molar-refractivity contribution in [3.8, 4) is 11.5 Å². The van der Waals surface area contributed by atoms with Crippen molar-refractivity contribution in [2.75, 3.05) is 7.11 Å². The molecular weight excluding hydrogens is 488 g/mol. The molecule has 1 atom stereocenters. The molecule has 0 aliphatic carbocycles. The average Bonchev–Trinajstić information content (AvgIpc) is 3.12. The first-order valence-corrected chi connectivity index (χ1v) is 9.63. The number of amides is 1. The van der Waals surface area contributed by atoms with Crippen molar-refractivity contribution in [1.82, 2.24) is 10.4 Å². The smallest absolute Gasteiger partial charge is 0.291 e. The molecule has 1 aliphatic rings. The van der Waals surface area contributed by atoms with Crippen LogP contribution in [-0.4, -0.2) is 41.7 Å². The number of ether oxygens (including phenoxy) is 2. The largest absolute Gasteiger partial charge is 0.496 e. The normalized spacial score (nSPS) is 18.2. The Labute approximate surface area is 183 Å². The topological polar surface area (TPSA) is 71.0 Å². The van der Waals surface area contributed by atoms with Crippen LogP contribution in [0.4, 0.5) is 17.6 Å². The number of benzene rings is 2. The van der Waals surface area contributed by atoms with E-state index in [-0.39, 0.29) is 23.3 Å². The highest BCUT2D eigenvalue weighted by Crippen LogP contribution is 2.32. The molecule has 0 radical (unpaired) electrons. The third-order valence-corrected chi connectivity index (χ3v) is 4.99. The van der Waals surface area contributed by atoms with E-state index in [2.05, 4.69) is 15.9 Å². The van der Waals surface area contributed by atoms with Crippen LogP contribution in [0.1, 0.15) is 15.9 Å². The fourth-order valence-corrected chi connectivity index (χ4v) is 3.14. The minimum atomic E-state index is -3.53. The van der Waals surface area contributed by atoms with E-state index in [1.54, 1.807) is 24.3 Å². The standard InChI is InChI=1S/C20H17BrF4N2O4/c1-30-16-7-2-11(8-12(16)10-31-14-5-3-13(21)4-6-14)18(28)27-20(29,19(24)25)9-15(26-27)17(22)23/h2-9,17,19,26,29H,10H2,1H3. The fraction of sp³-hybridized carbons (Fsp3) is 0.250. The molecule has 0 bridgehead atoms. The molecule has 3 rings (SSSR count). The van der Waals surface area contributed by atoms with E-state index in [4.69, 9.17) is 9.47 Å². The van der Waals surface area contributed by atoms with Gasteiger partial charge in [-0.15, -0.1) is 0 Å². The summed E-state index contributed by atoms with van der Waals surface area (Å²) < 4.78 is 64.5. The highest BCUT2D eigenvalue weighted by atomic mass is 79.9. The number of aliphatic hydroxyl groups is 1. The van der Waals surface area contributed by atoms with E-state index >= 15 is 0 Å². The molecule has 11 heteroatoms. The quantitative estimate of drug-likeness (QED) is 0.555. The van der Waals surface area contributed by atoms with Crippen LogP contribution in [0.2, 0.25) is 0 Å². The van der Waals surface area contributed by atoms with Gasteiger partial charge in [0.15, 0.2) is 0 Å².